The number of furan rings is 1. The molecule has 2 rings (SSSR count). The van der Waals surface area contributed by atoms with Crippen molar-refractivity contribution in [3.8, 4) is 0 Å². The van der Waals surface area contributed by atoms with Gasteiger partial charge >= 0.3 is 5.97 Å². The van der Waals surface area contributed by atoms with Gasteiger partial charge < -0.3 is 19.8 Å². The molecule has 5 heteroatoms. The Morgan fingerprint density at radius 2 is 2.21 bits per heavy atom. The number of hydrogen-bond donors (Lipinski definition) is 1. The summed E-state index contributed by atoms with van der Waals surface area (Å²) in [6.45, 7) is 0.679. The average Bonchev–Trinajstić information content (AvgIpc) is 2.90. The van der Waals surface area contributed by atoms with Gasteiger partial charge in [0.25, 0.3) is 0 Å². The maximum Gasteiger partial charge on any atom is 0.337 e. The number of carbonyl (C=O) groups excluding carboxylic acids is 1. The monoisotopic (exact) mass is 260 g/mol. The summed E-state index contributed by atoms with van der Waals surface area (Å²) in [7, 11) is 3.27. The van der Waals surface area contributed by atoms with E-state index in [-0.39, 0.29) is 0 Å². The molecule has 0 aliphatic heterocycles. The lowest BCUT2D eigenvalue weighted by Crippen LogP contribution is -2.17. The highest BCUT2D eigenvalue weighted by molar-refractivity contribution is 5.91. The predicted octanol–water partition coefficient (Wildman–Crippen LogP) is 2.28. The molecular formula is C14H16N2O3. The first kappa shape index (κ1) is 13.0. The van der Waals surface area contributed by atoms with Crippen LogP contribution in [0.2, 0.25) is 0 Å². The van der Waals surface area contributed by atoms with Crippen molar-refractivity contribution in [2.75, 3.05) is 24.8 Å². The number of anilines is 2. The zero-order valence-electron chi connectivity index (χ0n) is 10.9. The fourth-order valence-electron chi connectivity index (χ4n) is 1.89. The van der Waals surface area contributed by atoms with Gasteiger partial charge in [-0.3, -0.25) is 0 Å². The molecular weight excluding hydrogens is 244 g/mol. The lowest BCUT2D eigenvalue weighted by atomic mass is 10.1. The van der Waals surface area contributed by atoms with E-state index in [2.05, 4.69) is 4.74 Å². The highest BCUT2D eigenvalue weighted by Crippen LogP contribution is 2.25. The summed E-state index contributed by atoms with van der Waals surface area (Å²) >= 11 is 0. The second kappa shape index (κ2) is 5.48. The van der Waals surface area contributed by atoms with Gasteiger partial charge in [0, 0.05) is 19.2 Å². The normalized spacial score (nSPS) is 10.2. The Morgan fingerprint density at radius 1 is 1.42 bits per heavy atom. The molecule has 0 amide bonds. The van der Waals surface area contributed by atoms with Gasteiger partial charge in [0.2, 0.25) is 0 Å². The molecule has 0 aliphatic carbocycles. The smallest absolute Gasteiger partial charge is 0.337 e. The van der Waals surface area contributed by atoms with E-state index in [4.69, 9.17) is 10.2 Å². The Kier molecular flexibility index (Phi) is 3.75. The molecule has 0 bridgehead atoms. The molecule has 100 valence electrons. The number of nitrogen functional groups attached to an aromatic ring is 1. The van der Waals surface area contributed by atoms with Crippen molar-refractivity contribution >= 4 is 17.3 Å². The Hall–Kier alpha value is -2.43. The molecule has 1 aromatic heterocycles. The molecule has 0 atom stereocenters. The van der Waals surface area contributed by atoms with Gasteiger partial charge in [-0.15, -0.1) is 0 Å². The van der Waals surface area contributed by atoms with Crippen molar-refractivity contribution in [3.05, 3.63) is 47.9 Å². The zero-order chi connectivity index (χ0) is 13.8. The van der Waals surface area contributed by atoms with E-state index in [1.807, 2.05) is 24.1 Å². The summed E-state index contributed by atoms with van der Waals surface area (Å²) < 4.78 is 9.68. The number of rotatable bonds is 4. The molecule has 0 saturated carbocycles. The third kappa shape index (κ3) is 2.88. The Balaban J connectivity index is 2.18. The largest absolute Gasteiger partial charge is 0.472 e. The van der Waals surface area contributed by atoms with Crippen molar-refractivity contribution in [2.24, 2.45) is 0 Å². The maximum absolute atomic E-state index is 11.4. The molecule has 0 radical (unpaired) electrons. The predicted molar refractivity (Wildman–Crippen MR) is 73.0 cm³/mol. The first-order valence-corrected chi connectivity index (χ1v) is 5.82. The number of nitrogens with zero attached hydrogens (tertiary/aromatic N) is 1. The SMILES string of the molecule is COC(=O)c1ccc(N(C)Cc2ccoc2)c(N)c1. The average molecular weight is 260 g/mol. The number of nitrogens with two attached hydrogens (primary N) is 1. The lowest BCUT2D eigenvalue weighted by molar-refractivity contribution is 0.0601. The lowest BCUT2D eigenvalue weighted by Gasteiger charge is -2.20. The first-order valence-electron chi connectivity index (χ1n) is 5.82. The zero-order valence-corrected chi connectivity index (χ0v) is 10.9. The van der Waals surface area contributed by atoms with E-state index >= 15 is 0 Å². The third-order valence-electron chi connectivity index (χ3n) is 2.86. The number of hydrogen-bond acceptors (Lipinski definition) is 5. The van der Waals surface area contributed by atoms with Crippen LogP contribution in [0.5, 0.6) is 0 Å². The molecule has 0 spiro atoms. The van der Waals surface area contributed by atoms with Crippen molar-refractivity contribution in [1.82, 2.24) is 0 Å². The van der Waals surface area contributed by atoms with Crippen LogP contribution >= 0.6 is 0 Å². The summed E-state index contributed by atoms with van der Waals surface area (Å²) in [4.78, 5) is 13.4. The fraction of sp³-hybridized carbons (Fsp3) is 0.214. The van der Waals surface area contributed by atoms with Gasteiger partial charge in [-0.2, -0.15) is 0 Å². The molecule has 2 N–H and O–H groups in total. The minimum Gasteiger partial charge on any atom is -0.472 e. The second-order valence-electron chi connectivity index (χ2n) is 4.25. The van der Waals surface area contributed by atoms with E-state index in [1.165, 1.54) is 7.11 Å². The number of esters is 1. The van der Waals surface area contributed by atoms with E-state index in [0.717, 1.165) is 11.3 Å². The highest BCUT2D eigenvalue weighted by atomic mass is 16.5. The van der Waals surface area contributed by atoms with E-state index in [0.29, 0.717) is 17.8 Å². The minimum atomic E-state index is -0.393. The summed E-state index contributed by atoms with van der Waals surface area (Å²) in [5.74, 6) is -0.393. The summed E-state index contributed by atoms with van der Waals surface area (Å²) in [6.07, 6.45) is 3.32. The molecule has 2 aromatic rings. The van der Waals surface area contributed by atoms with Crippen molar-refractivity contribution < 1.29 is 13.9 Å². The van der Waals surface area contributed by atoms with E-state index in [9.17, 15) is 4.79 Å². The van der Waals surface area contributed by atoms with Gasteiger partial charge in [-0.25, -0.2) is 4.79 Å². The van der Waals surface area contributed by atoms with Gasteiger partial charge in [-0.05, 0) is 24.3 Å². The molecule has 0 fully saturated rings. The van der Waals surface area contributed by atoms with Crippen LogP contribution in [0.1, 0.15) is 15.9 Å². The van der Waals surface area contributed by atoms with Crippen LogP contribution in [0.3, 0.4) is 0 Å². The molecule has 0 saturated heterocycles. The van der Waals surface area contributed by atoms with E-state index < -0.39 is 5.97 Å². The van der Waals surface area contributed by atoms with Gasteiger partial charge in [0.05, 0.1) is 36.6 Å². The Labute approximate surface area is 111 Å². The van der Waals surface area contributed by atoms with Crippen molar-refractivity contribution in [1.29, 1.82) is 0 Å². The summed E-state index contributed by atoms with van der Waals surface area (Å²) in [6, 6.07) is 7.02. The van der Waals surface area contributed by atoms with Gasteiger partial charge in [0.15, 0.2) is 0 Å². The number of methoxy groups -OCH3 is 1. The van der Waals surface area contributed by atoms with Crippen LogP contribution < -0.4 is 10.6 Å². The Morgan fingerprint density at radius 3 is 2.79 bits per heavy atom. The maximum atomic E-state index is 11.4. The Bertz CT molecular complexity index is 564. The van der Waals surface area contributed by atoms with Crippen LogP contribution in [0.25, 0.3) is 0 Å². The molecule has 1 aromatic carbocycles. The molecule has 5 nitrogen and oxygen atoms in total. The summed E-state index contributed by atoms with van der Waals surface area (Å²) in [5, 5.41) is 0. The van der Waals surface area contributed by atoms with Crippen LogP contribution in [-0.2, 0) is 11.3 Å². The van der Waals surface area contributed by atoms with Crippen molar-refractivity contribution in [2.45, 2.75) is 6.54 Å². The van der Waals surface area contributed by atoms with E-state index in [1.54, 1.807) is 24.7 Å². The number of carbonyl (C=O) groups is 1. The highest BCUT2D eigenvalue weighted by Gasteiger charge is 2.11. The number of ether oxygens (including phenoxy) is 1. The van der Waals surface area contributed by atoms with Crippen molar-refractivity contribution in [3.63, 3.8) is 0 Å². The van der Waals surface area contributed by atoms with Crippen LogP contribution in [0.15, 0.2) is 41.2 Å². The topological polar surface area (TPSA) is 68.7 Å². The van der Waals surface area contributed by atoms with Gasteiger partial charge in [0.1, 0.15) is 0 Å². The molecule has 0 aliphatic rings. The quantitative estimate of drug-likeness (QED) is 0.674. The standard InChI is InChI=1S/C14H16N2O3/c1-16(8-10-5-6-19-9-10)13-4-3-11(7-12(13)15)14(17)18-2/h3-7,9H,8,15H2,1-2H3. The fourth-order valence-corrected chi connectivity index (χ4v) is 1.89. The van der Waals surface area contributed by atoms with Crippen LogP contribution in [0, 0.1) is 0 Å². The number of benzene rings is 1. The molecule has 0 unspecified atom stereocenters. The molecule has 1 heterocycles. The first-order chi connectivity index (χ1) is 9.11. The van der Waals surface area contributed by atoms with Crippen LogP contribution in [0.4, 0.5) is 11.4 Å². The third-order valence-corrected chi connectivity index (χ3v) is 2.86. The van der Waals surface area contributed by atoms with Crippen LogP contribution in [-0.4, -0.2) is 20.1 Å². The second-order valence-corrected chi connectivity index (χ2v) is 4.25. The molecule has 19 heavy (non-hydrogen) atoms. The minimum absolute atomic E-state index is 0.393. The van der Waals surface area contributed by atoms with Gasteiger partial charge in [-0.1, -0.05) is 0 Å². The summed E-state index contributed by atoms with van der Waals surface area (Å²) in [5.41, 5.74) is 8.86.